The van der Waals surface area contributed by atoms with Crippen LogP contribution in [0.4, 0.5) is 10.6 Å². The van der Waals surface area contributed by atoms with E-state index in [1.165, 1.54) is 11.8 Å². The smallest absolute Gasteiger partial charge is 0.407 e. The van der Waals surface area contributed by atoms with Gasteiger partial charge in [0.05, 0.1) is 16.9 Å². The van der Waals surface area contributed by atoms with Crippen molar-refractivity contribution in [1.82, 2.24) is 20.3 Å². The Balaban J connectivity index is 1.87. The number of nitrogens with one attached hydrogen (secondary N) is 2. The molecule has 2 N–H and O–H groups in total. The van der Waals surface area contributed by atoms with Gasteiger partial charge in [-0.1, -0.05) is 35.0 Å². The molecule has 0 unspecified atom stereocenters. The highest BCUT2D eigenvalue weighted by Crippen LogP contribution is 2.36. The number of aryl methyl sites for hydroxylation is 1. The predicted octanol–water partition coefficient (Wildman–Crippen LogP) is 4.57. The highest BCUT2D eigenvalue weighted by Gasteiger charge is 2.15. The maximum absolute atomic E-state index is 11.6. The van der Waals surface area contributed by atoms with Crippen LogP contribution < -0.4 is 10.6 Å². The molecule has 2 rings (SSSR count). The van der Waals surface area contributed by atoms with Crippen molar-refractivity contribution in [3.8, 4) is 0 Å². The van der Waals surface area contributed by atoms with Crippen molar-refractivity contribution < 1.29 is 9.53 Å². The molecule has 10 heteroatoms. The minimum absolute atomic E-state index is 0.253. The average Bonchev–Trinajstić information content (AvgIpc) is 2.56. The van der Waals surface area contributed by atoms with E-state index in [9.17, 15) is 4.79 Å². The Labute approximate surface area is 172 Å². The lowest BCUT2D eigenvalue weighted by Crippen LogP contribution is -2.35. The van der Waals surface area contributed by atoms with E-state index in [1.807, 2.05) is 27.7 Å². The number of hydrogen-bond donors (Lipinski definition) is 2. The summed E-state index contributed by atoms with van der Waals surface area (Å²) in [6.07, 6.45) is 2.76. The van der Waals surface area contributed by atoms with E-state index < -0.39 is 11.7 Å². The molecular weight excluding hydrogens is 409 g/mol. The number of anilines is 1. The monoisotopic (exact) mass is 429 g/mol. The molecule has 2 aromatic rings. The number of carbonyl (C=O) groups excluding carboxylic acids is 1. The van der Waals surface area contributed by atoms with Crippen LogP contribution in [0.25, 0.3) is 0 Å². The van der Waals surface area contributed by atoms with Crippen LogP contribution in [0.2, 0.25) is 10.2 Å². The molecule has 0 saturated heterocycles. The Bertz CT molecular complexity index is 814. The molecule has 146 valence electrons. The number of hydrogen-bond acceptors (Lipinski definition) is 7. The van der Waals surface area contributed by atoms with E-state index in [4.69, 9.17) is 27.9 Å². The quantitative estimate of drug-likeness (QED) is 0.512. The Hall–Kier alpha value is -1.77. The first-order valence-corrected chi connectivity index (χ1v) is 9.75. The van der Waals surface area contributed by atoms with Gasteiger partial charge < -0.3 is 15.4 Å². The SMILES string of the molecule is Cc1nc(NCCNC(=O)OC(C)(C)C)cnc1Sc1ccnc(Cl)c1Cl. The Kier molecular flexibility index (Phi) is 7.52. The molecule has 0 aliphatic rings. The summed E-state index contributed by atoms with van der Waals surface area (Å²) in [7, 11) is 0. The third-order valence-electron chi connectivity index (χ3n) is 3.02. The molecule has 0 saturated carbocycles. The zero-order valence-electron chi connectivity index (χ0n) is 15.5. The molecule has 2 aromatic heterocycles. The third kappa shape index (κ3) is 7.04. The number of rotatable bonds is 6. The van der Waals surface area contributed by atoms with Gasteiger partial charge >= 0.3 is 6.09 Å². The van der Waals surface area contributed by atoms with E-state index in [1.54, 1.807) is 18.5 Å². The summed E-state index contributed by atoms with van der Waals surface area (Å²) in [5.74, 6) is 0.613. The Morgan fingerprint density at radius 2 is 2.00 bits per heavy atom. The molecule has 2 heterocycles. The molecule has 7 nitrogen and oxygen atoms in total. The van der Waals surface area contributed by atoms with Gasteiger partial charge in [0.25, 0.3) is 0 Å². The van der Waals surface area contributed by atoms with Gasteiger partial charge in [0, 0.05) is 24.2 Å². The summed E-state index contributed by atoms with van der Waals surface area (Å²) >= 11 is 13.5. The van der Waals surface area contributed by atoms with Crippen molar-refractivity contribution >= 4 is 46.9 Å². The van der Waals surface area contributed by atoms with Crippen LogP contribution in [0.5, 0.6) is 0 Å². The van der Waals surface area contributed by atoms with Gasteiger partial charge in [-0.3, -0.25) is 0 Å². The summed E-state index contributed by atoms with van der Waals surface area (Å²) < 4.78 is 5.17. The van der Waals surface area contributed by atoms with Gasteiger partial charge in [0.15, 0.2) is 0 Å². The summed E-state index contributed by atoms with van der Waals surface area (Å²) in [4.78, 5) is 25.1. The Morgan fingerprint density at radius 1 is 1.26 bits per heavy atom. The molecular formula is C17H21Cl2N5O2S. The van der Waals surface area contributed by atoms with Gasteiger partial charge in [-0.2, -0.15) is 0 Å². The molecule has 0 radical (unpaired) electrons. The van der Waals surface area contributed by atoms with E-state index in [2.05, 4.69) is 25.6 Å². The molecule has 0 atom stereocenters. The second-order valence-electron chi connectivity index (χ2n) is 6.52. The van der Waals surface area contributed by atoms with Gasteiger partial charge in [0.2, 0.25) is 0 Å². The number of nitrogens with zero attached hydrogens (tertiary/aromatic N) is 3. The fourth-order valence-corrected chi connectivity index (χ4v) is 3.17. The minimum Gasteiger partial charge on any atom is -0.444 e. The van der Waals surface area contributed by atoms with Crippen LogP contribution >= 0.6 is 35.0 Å². The lowest BCUT2D eigenvalue weighted by molar-refractivity contribution is 0.0530. The van der Waals surface area contributed by atoms with Crippen LogP contribution in [-0.2, 0) is 4.74 Å². The number of aromatic nitrogens is 3. The average molecular weight is 430 g/mol. The summed E-state index contributed by atoms with van der Waals surface area (Å²) in [5.41, 5.74) is 0.226. The van der Waals surface area contributed by atoms with Gasteiger partial charge in [-0.15, -0.1) is 0 Å². The molecule has 0 aliphatic carbocycles. The number of pyridine rings is 1. The molecule has 0 spiro atoms. The maximum atomic E-state index is 11.6. The third-order valence-corrected chi connectivity index (χ3v) is 5.05. The molecule has 0 bridgehead atoms. The first-order valence-electron chi connectivity index (χ1n) is 8.18. The second-order valence-corrected chi connectivity index (χ2v) is 8.28. The largest absolute Gasteiger partial charge is 0.444 e. The number of carbonyl (C=O) groups is 1. The molecule has 27 heavy (non-hydrogen) atoms. The van der Waals surface area contributed by atoms with Crippen LogP contribution in [0, 0.1) is 6.92 Å². The van der Waals surface area contributed by atoms with Crippen LogP contribution in [0.1, 0.15) is 26.5 Å². The first kappa shape index (κ1) is 21.5. The zero-order valence-corrected chi connectivity index (χ0v) is 17.8. The van der Waals surface area contributed by atoms with Crippen molar-refractivity contribution in [2.24, 2.45) is 0 Å². The lowest BCUT2D eigenvalue weighted by Gasteiger charge is -2.19. The first-order chi connectivity index (χ1) is 12.7. The van der Waals surface area contributed by atoms with Crippen LogP contribution in [0.15, 0.2) is 28.4 Å². The van der Waals surface area contributed by atoms with E-state index >= 15 is 0 Å². The maximum Gasteiger partial charge on any atom is 0.407 e. The van der Waals surface area contributed by atoms with Crippen molar-refractivity contribution in [3.63, 3.8) is 0 Å². The van der Waals surface area contributed by atoms with Gasteiger partial charge in [0.1, 0.15) is 21.6 Å². The van der Waals surface area contributed by atoms with Crippen molar-refractivity contribution in [2.45, 2.75) is 43.2 Å². The van der Waals surface area contributed by atoms with Crippen LogP contribution in [0.3, 0.4) is 0 Å². The van der Waals surface area contributed by atoms with Crippen molar-refractivity contribution in [2.75, 3.05) is 18.4 Å². The highest BCUT2D eigenvalue weighted by atomic mass is 35.5. The van der Waals surface area contributed by atoms with Crippen LogP contribution in [-0.4, -0.2) is 39.7 Å². The normalized spacial score (nSPS) is 11.2. The summed E-state index contributed by atoms with van der Waals surface area (Å²) in [6, 6.07) is 1.77. The zero-order chi connectivity index (χ0) is 20.0. The minimum atomic E-state index is -0.518. The number of ether oxygens (including phenoxy) is 1. The Morgan fingerprint density at radius 3 is 2.67 bits per heavy atom. The number of alkyl carbamates (subject to hydrolysis) is 1. The fourth-order valence-electron chi connectivity index (χ4n) is 1.91. The predicted molar refractivity (Wildman–Crippen MR) is 108 cm³/mol. The second kappa shape index (κ2) is 9.43. The van der Waals surface area contributed by atoms with Crippen molar-refractivity contribution in [1.29, 1.82) is 0 Å². The molecule has 0 aromatic carbocycles. The van der Waals surface area contributed by atoms with Gasteiger partial charge in [-0.25, -0.2) is 19.7 Å². The summed E-state index contributed by atoms with van der Waals surface area (Å²) in [5, 5.41) is 7.14. The van der Waals surface area contributed by atoms with Crippen molar-refractivity contribution in [3.05, 3.63) is 34.3 Å². The highest BCUT2D eigenvalue weighted by molar-refractivity contribution is 7.99. The molecule has 0 aliphatic heterocycles. The molecule has 1 amide bonds. The fraction of sp³-hybridized carbons (Fsp3) is 0.412. The standard InChI is InChI=1S/C17H21Cl2N5O2S/c1-10-15(27-11-5-6-21-14(19)13(11)18)23-9-12(24-10)20-7-8-22-16(25)26-17(2,3)4/h5-6,9H,7-8H2,1-4H3,(H,20,24)(H,22,25). The van der Waals surface area contributed by atoms with E-state index in [0.717, 1.165) is 15.6 Å². The van der Waals surface area contributed by atoms with Gasteiger partial charge in [-0.05, 0) is 33.8 Å². The lowest BCUT2D eigenvalue weighted by atomic mass is 10.2. The topological polar surface area (TPSA) is 89.0 Å². The summed E-state index contributed by atoms with van der Waals surface area (Å²) in [6.45, 7) is 8.20. The van der Waals surface area contributed by atoms with E-state index in [-0.39, 0.29) is 5.15 Å². The number of halogens is 2. The molecule has 0 fully saturated rings. The van der Waals surface area contributed by atoms with E-state index in [0.29, 0.717) is 23.9 Å². The number of amides is 1.